The van der Waals surface area contributed by atoms with Gasteiger partial charge in [0.05, 0.1) is 5.69 Å². The molecule has 2 aromatic rings. The van der Waals surface area contributed by atoms with E-state index in [4.69, 9.17) is 5.11 Å². The summed E-state index contributed by atoms with van der Waals surface area (Å²) in [5.74, 6) is -0.775. The molecule has 2 rings (SSSR count). The average molecular weight is 297 g/mol. The predicted octanol–water partition coefficient (Wildman–Crippen LogP) is 4.50. The van der Waals surface area contributed by atoms with Crippen LogP contribution in [0.25, 0.3) is 11.3 Å². The highest BCUT2D eigenvalue weighted by Crippen LogP contribution is 2.19. The summed E-state index contributed by atoms with van der Waals surface area (Å²) >= 11 is 0. The summed E-state index contributed by atoms with van der Waals surface area (Å²) in [4.78, 5) is 15.0. The second kappa shape index (κ2) is 8.32. The van der Waals surface area contributed by atoms with E-state index >= 15 is 0 Å². The molecule has 0 amide bonds. The van der Waals surface area contributed by atoms with Crippen LogP contribution in [0.1, 0.15) is 43.7 Å². The molecule has 1 N–H and O–H groups in total. The molecule has 0 bridgehead atoms. The van der Waals surface area contributed by atoms with E-state index in [9.17, 15) is 4.79 Å². The molecule has 0 saturated heterocycles. The Bertz CT molecular complexity index is 588. The van der Waals surface area contributed by atoms with Gasteiger partial charge in [-0.15, -0.1) is 0 Å². The minimum Gasteiger partial charge on any atom is -0.481 e. The average Bonchev–Trinajstić information content (AvgIpc) is 2.54. The van der Waals surface area contributed by atoms with Gasteiger partial charge >= 0.3 is 5.97 Å². The van der Waals surface area contributed by atoms with Gasteiger partial charge in [-0.1, -0.05) is 50.1 Å². The molecular weight excluding hydrogens is 274 g/mol. The van der Waals surface area contributed by atoms with Crippen molar-refractivity contribution in [1.29, 1.82) is 0 Å². The highest BCUT2D eigenvalue weighted by molar-refractivity contribution is 5.67. The van der Waals surface area contributed by atoms with Gasteiger partial charge in [0, 0.05) is 18.2 Å². The van der Waals surface area contributed by atoms with Crippen LogP contribution in [-0.4, -0.2) is 16.1 Å². The fourth-order valence-corrected chi connectivity index (χ4v) is 2.42. The van der Waals surface area contributed by atoms with Crippen molar-refractivity contribution in [3.63, 3.8) is 0 Å². The number of rotatable bonds is 8. The van der Waals surface area contributed by atoms with Crippen LogP contribution >= 0.6 is 0 Å². The van der Waals surface area contributed by atoms with Gasteiger partial charge in [0.1, 0.15) is 0 Å². The zero-order valence-corrected chi connectivity index (χ0v) is 13.1. The summed E-state index contributed by atoms with van der Waals surface area (Å²) in [5.41, 5.74) is 4.36. The number of carboxylic acid groups (broad SMARTS) is 1. The van der Waals surface area contributed by atoms with Crippen LogP contribution in [0.3, 0.4) is 0 Å². The first-order valence-corrected chi connectivity index (χ1v) is 7.95. The zero-order valence-electron chi connectivity index (χ0n) is 13.1. The minimum atomic E-state index is -0.775. The smallest absolute Gasteiger partial charge is 0.303 e. The van der Waals surface area contributed by atoms with Gasteiger partial charge in [0.15, 0.2) is 0 Å². The molecule has 22 heavy (non-hydrogen) atoms. The van der Waals surface area contributed by atoms with Crippen molar-refractivity contribution in [2.45, 2.75) is 45.4 Å². The van der Waals surface area contributed by atoms with Gasteiger partial charge in [-0.2, -0.15) is 0 Å². The van der Waals surface area contributed by atoms with Crippen LogP contribution in [0.15, 0.2) is 42.6 Å². The molecule has 0 aliphatic rings. The number of benzene rings is 1. The Kier molecular flexibility index (Phi) is 6.13. The lowest BCUT2D eigenvalue weighted by Crippen LogP contribution is -1.98. The van der Waals surface area contributed by atoms with E-state index in [0.29, 0.717) is 6.42 Å². The van der Waals surface area contributed by atoms with Gasteiger partial charge in [-0.3, -0.25) is 9.78 Å². The number of unbranched alkanes of at least 4 members (excludes halogenated alkanes) is 2. The van der Waals surface area contributed by atoms with Crippen LogP contribution in [0.5, 0.6) is 0 Å². The fraction of sp³-hybridized carbons (Fsp3) is 0.368. The largest absolute Gasteiger partial charge is 0.481 e. The lowest BCUT2D eigenvalue weighted by molar-refractivity contribution is -0.136. The molecule has 0 radical (unpaired) electrons. The lowest BCUT2D eigenvalue weighted by Gasteiger charge is -2.05. The molecular formula is C19H23NO2. The molecule has 3 heteroatoms. The highest BCUT2D eigenvalue weighted by atomic mass is 16.4. The Morgan fingerprint density at radius 1 is 1.00 bits per heavy atom. The maximum absolute atomic E-state index is 10.6. The number of hydrogen-bond donors (Lipinski definition) is 1. The number of aliphatic carboxylic acids is 1. The molecule has 116 valence electrons. The standard InChI is InChI=1S/C19H23NO2/c1-2-3-4-5-15-6-10-17(11-7-15)18-12-8-16(14-20-18)9-13-19(21)22/h6-8,10-12,14H,2-5,9,13H2,1H3,(H,21,22). The molecule has 1 aromatic carbocycles. The van der Waals surface area contributed by atoms with E-state index in [1.54, 1.807) is 6.20 Å². The van der Waals surface area contributed by atoms with Crippen molar-refractivity contribution in [3.05, 3.63) is 53.7 Å². The van der Waals surface area contributed by atoms with E-state index in [-0.39, 0.29) is 6.42 Å². The first kappa shape index (κ1) is 16.2. The summed E-state index contributed by atoms with van der Waals surface area (Å²) in [7, 11) is 0. The number of aryl methyl sites for hydroxylation is 2. The van der Waals surface area contributed by atoms with Crippen molar-refractivity contribution in [2.24, 2.45) is 0 Å². The van der Waals surface area contributed by atoms with Crippen LogP contribution in [0.2, 0.25) is 0 Å². The van der Waals surface area contributed by atoms with Gasteiger partial charge in [-0.25, -0.2) is 0 Å². The first-order chi connectivity index (χ1) is 10.7. The first-order valence-electron chi connectivity index (χ1n) is 7.95. The van der Waals surface area contributed by atoms with Crippen molar-refractivity contribution in [1.82, 2.24) is 4.98 Å². The lowest BCUT2D eigenvalue weighted by atomic mass is 10.0. The molecule has 0 unspecified atom stereocenters. The van der Waals surface area contributed by atoms with E-state index in [1.807, 2.05) is 12.1 Å². The molecule has 1 aromatic heterocycles. The Labute approximate surface area is 132 Å². The van der Waals surface area contributed by atoms with Crippen molar-refractivity contribution < 1.29 is 9.90 Å². The normalized spacial score (nSPS) is 10.6. The fourth-order valence-electron chi connectivity index (χ4n) is 2.42. The number of nitrogens with zero attached hydrogens (tertiary/aromatic N) is 1. The van der Waals surface area contributed by atoms with Crippen LogP contribution < -0.4 is 0 Å². The number of carbonyl (C=O) groups is 1. The number of aromatic nitrogens is 1. The molecule has 1 heterocycles. The van der Waals surface area contributed by atoms with Crippen LogP contribution in [0.4, 0.5) is 0 Å². The predicted molar refractivity (Wildman–Crippen MR) is 88.9 cm³/mol. The highest BCUT2D eigenvalue weighted by Gasteiger charge is 2.02. The van der Waals surface area contributed by atoms with Gasteiger partial charge in [0.25, 0.3) is 0 Å². The summed E-state index contributed by atoms with van der Waals surface area (Å²) in [5, 5.41) is 8.69. The van der Waals surface area contributed by atoms with E-state index in [0.717, 1.165) is 23.2 Å². The SMILES string of the molecule is CCCCCc1ccc(-c2ccc(CCC(=O)O)cn2)cc1. The third-order valence-corrected chi connectivity index (χ3v) is 3.77. The second-order valence-electron chi connectivity index (χ2n) is 5.60. The summed E-state index contributed by atoms with van der Waals surface area (Å²) in [6, 6.07) is 12.5. The molecule has 0 atom stereocenters. The molecule has 0 aliphatic heterocycles. The maximum Gasteiger partial charge on any atom is 0.303 e. The topological polar surface area (TPSA) is 50.2 Å². The van der Waals surface area contributed by atoms with Gasteiger partial charge in [0.2, 0.25) is 0 Å². The van der Waals surface area contributed by atoms with Gasteiger partial charge < -0.3 is 5.11 Å². The van der Waals surface area contributed by atoms with Gasteiger partial charge in [-0.05, 0) is 36.5 Å². The van der Waals surface area contributed by atoms with E-state index in [1.165, 1.54) is 24.8 Å². The van der Waals surface area contributed by atoms with E-state index < -0.39 is 5.97 Å². The van der Waals surface area contributed by atoms with Crippen molar-refractivity contribution in [3.8, 4) is 11.3 Å². The Balaban J connectivity index is 1.97. The molecule has 0 aliphatic carbocycles. The quantitative estimate of drug-likeness (QED) is 0.730. The minimum absolute atomic E-state index is 0.146. The molecule has 3 nitrogen and oxygen atoms in total. The van der Waals surface area contributed by atoms with Crippen molar-refractivity contribution >= 4 is 5.97 Å². The Morgan fingerprint density at radius 2 is 1.73 bits per heavy atom. The molecule has 0 fully saturated rings. The number of hydrogen-bond acceptors (Lipinski definition) is 2. The second-order valence-corrected chi connectivity index (χ2v) is 5.60. The third kappa shape index (κ3) is 4.99. The van der Waals surface area contributed by atoms with Crippen molar-refractivity contribution in [2.75, 3.05) is 0 Å². The molecule has 0 saturated carbocycles. The van der Waals surface area contributed by atoms with Crippen LogP contribution in [0, 0.1) is 0 Å². The Hall–Kier alpha value is -2.16. The third-order valence-electron chi connectivity index (χ3n) is 3.77. The maximum atomic E-state index is 10.6. The number of pyridine rings is 1. The Morgan fingerprint density at radius 3 is 2.32 bits per heavy atom. The number of carboxylic acids is 1. The zero-order chi connectivity index (χ0) is 15.8. The van der Waals surface area contributed by atoms with E-state index in [2.05, 4.69) is 36.2 Å². The summed E-state index contributed by atoms with van der Waals surface area (Å²) < 4.78 is 0. The summed E-state index contributed by atoms with van der Waals surface area (Å²) in [6.45, 7) is 2.22. The molecule has 0 spiro atoms. The monoisotopic (exact) mass is 297 g/mol. The van der Waals surface area contributed by atoms with Crippen LogP contribution in [-0.2, 0) is 17.6 Å². The summed E-state index contributed by atoms with van der Waals surface area (Å²) in [6.07, 6.45) is 7.35.